The first kappa shape index (κ1) is 11.5. The second-order valence-electron chi connectivity index (χ2n) is 4.39. The van der Waals surface area contributed by atoms with Crippen molar-refractivity contribution in [2.75, 3.05) is 5.73 Å². The Kier molecular flexibility index (Phi) is 2.76. The van der Waals surface area contributed by atoms with Crippen molar-refractivity contribution in [1.29, 1.82) is 0 Å². The third-order valence-corrected chi connectivity index (χ3v) is 2.93. The van der Waals surface area contributed by atoms with Crippen LogP contribution in [0.2, 0.25) is 0 Å². The van der Waals surface area contributed by atoms with E-state index in [0.29, 0.717) is 5.82 Å². The standard InChI is InChI=1S/C15H14N4/c1-11-9-12(7-8-17-11)14-10-15(16)19(18-14)13-5-3-2-4-6-13/h2-10H,16H2,1H3. The quantitative estimate of drug-likeness (QED) is 0.760. The third kappa shape index (κ3) is 2.20. The Hall–Kier alpha value is -2.62. The first-order chi connectivity index (χ1) is 9.24. The zero-order valence-electron chi connectivity index (χ0n) is 10.6. The molecule has 0 spiro atoms. The molecule has 0 aliphatic rings. The summed E-state index contributed by atoms with van der Waals surface area (Å²) in [5, 5.41) is 4.56. The van der Waals surface area contributed by atoms with Gasteiger partial charge in [0.25, 0.3) is 0 Å². The number of para-hydroxylation sites is 1. The van der Waals surface area contributed by atoms with Gasteiger partial charge in [-0.25, -0.2) is 4.68 Å². The molecule has 0 aliphatic carbocycles. The Bertz CT molecular complexity index is 701. The van der Waals surface area contributed by atoms with Gasteiger partial charge in [-0.05, 0) is 31.2 Å². The highest BCUT2D eigenvalue weighted by molar-refractivity contribution is 5.63. The number of hydrogen-bond donors (Lipinski definition) is 1. The summed E-state index contributed by atoms with van der Waals surface area (Å²) in [5.74, 6) is 0.621. The number of nitrogen functional groups attached to an aromatic ring is 1. The number of pyridine rings is 1. The van der Waals surface area contributed by atoms with Gasteiger partial charge in [0.2, 0.25) is 0 Å². The zero-order valence-corrected chi connectivity index (χ0v) is 10.6. The van der Waals surface area contributed by atoms with Crippen molar-refractivity contribution in [3.63, 3.8) is 0 Å². The second kappa shape index (κ2) is 4.57. The van der Waals surface area contributed by atoms with E-state index in [2.05, 4.69) is 10.1 Å². The average Bonchev–Trinajstić information content (AvgIpc) is 2.82. The minimum atomic E-state index is 0.621. The number of hydrogen-bond acceptors (Lipinski definition) is 3. The van der Waals surface area contributed by atoms with Gasteiger partial charge in [0.15, 0.2) is 0 Å². The van der Waals surface area contributed by atoms with Crippen LogP contribution in [0.1, 0.15) is 5.69 Å². The molecule has 0 saturated carbocycles. The number of aryl methyl sites for hydroxylation is 1. The highest BCUT2D eigenvalue weighted by atomic mass is 15.3. The van der Waals surface area contributed by atoms with E-state index >= 15 is 0 Å². The highest BCUT2D eigenvalue weighted by Gasteiger charge is 2.08. The molecular weight excluding hydrogens is 236 g/mol. The van der Waals surface area contributed by atoms with E-state index in [1.54, 1.807) is 10.9 Å². The van der Waals surface area contributed by atoms with Crippen molar-refractivity contribution in [3.8, 4) is 16.9 Å². The van der Waals surface area contributed by atoms with E-state index in [-0.39, 0.29) is 0 Å². The van der Waals surface area contributed by atoms with Gasteiger partial charge < -0.3 is 5.73 Å². The van der Waals surface area contributed by atoms with E-state index in [4.69, 9.17) is 5.73 Å². The third-order valence-electron chi connectivity index (χ3n) is 2.93. The normalized spacial score (nSPS) is 10.6. The van der Waals surface area contributed by atoms with Crippen molar-refractivity contribution in [2.24, 2.45) is 0 Å². The Morgan fingerprint density at radius 3 is 2.58 bits per heavy atom. The Morgan fingerprint density at radius 2 is 1.84 bits per heavy atom. The van der Waals surface area contributed by atoms with Crippen molar-refractivity contribution < 1.29 is 0 Å². The topological polar surface area (TPSA) is 56.7 Å². The molecule has 0 bridgehead atoms. The van der Waals surface area contributed by atoms with Crippen LogP contribution in [-0.4, -0.2) is 14.8 Å². The number of benzene rings is 1. The van der Waals surface area contributed by atoms with Crippen LogP contribution in [0.25, 0.3) is 16.9 Å². The number of anilines is 1. The molecule has 19 heavy (non-hydrogen) atoms. The maximum absolute atomic E-state index is 6.03. The molecule has 94 valence electrons. The zero-order chi connectivity index (χ0) is 13.2. The lowest BCUT2D eigenvalue weighted by Crippen LogP contribution is -2.01. The lowest BCUT2D eigenvalue weighted by atomic mass is 10.2. The van der Waals surface area contributed by atoms with E-state index in [0.717, 1.165) is 22.6 Å². The fourth-order valence-corrected chi connectivity index (χ4v) is 2.02. The molecule has 2 N–H and O–H groups in total. The van der Waals surface area contributed by atoms with Crippen molar-refractivity contribution in [3.05, 3.63) is 60.4 Å². The molecule has 0 saturated heterocycles. The fourth-order valence-electron chi connectivity index (χ4n) is 2.02. The monoisotopic (exact) mass is 250 g/mol. The van der Waals surface area contributed by atoms with Gasteiger partial charge in [-0.1, -0.05) is 18.2 Å². The van der Waals surface area contributed by atoms with E-state index in [1.165, 1.54) is 0 Å². The molecule has 2 aromatic heterocycles. The largest absolute Gasteiger partial charge is 0.384 e. The Morgan fingerprint density at radius 1 is 1.05 bits per heavy atom. The summed E-state index contributed by atoms with van der Waals surface area (Å²) in [5.41, 5.74) is 9.83. The minimum Gasteiger partial charge on any atom is -0.384 e. The maximum atomic E-state index is 6.03. The number of rotatable bonds is 2. The van der Waals surface area contributed by atoms with Gasteiger partial charge in [-0.3, -0.25) is 4.98 Å². The summed E-state index contributed by atoms with van der Waals surface area (Å²) in [4.78, 5) is 4.19. The molecular formula is C15H14N4. The van der Waals surface area contributed by atoms with Gasteiger partial charge in [0.05, 0.1) is 11.4 Å². The van der Waals surface area contributed by atoms with E-state index in [9.17, 15) is 0 Å². The summed E-state index contributed by atoms with van der Waals surface area (Å²) in [6.07, 6.45) is 1.78. The summed E-state index contributed by atoms with van der Waals surface area (Å²) in [7, 11) is 0. The molecule has 0 radical (unpaired) electrons. The first-order valence-electron chi connectivity index (χ1n) is 6.08. The SMILES string of the molecule is Cc1cc(-c2cc(N)n(-c3ccccc3)n2)ccn1. The van der Waals surface area contributed by atoms with Gasteiger partial charge in [-0.2, -0.15) is 5.10 Å². The summed E-state index contributed by atoms with van der Waals surface area (Å²) >= 11 is 0. The molecule has 0 fully saturated rings. The van der Waals surface area contributed by atoms with Crippen molar-refractivity contribution in [1.82, 2.24) is 14.8 Å². The smallest absolute Gasteiger partial charge is 0.127 e. The minimum absolute atomic E-state index is 0.621. The summed E-state index contributed by atoms with van der Waals surface area (Å²) in [6.45, 7) is 1.96. The Labute approximate surface area is 111 Å². The Balaban J connectivity index is 2.07. The molecule has 0 amide bonds. The van der Waals surface area contributed by atoms with Crippen molar-refractivity contribution in [2.45, 2.75) is 6.92 Å². The van der Waals surface area contributed by atoms with Crippen LogP contribution in [0.3, 0.4) is 0 Å². The van der Waals surface area contributed by atoms with Gasteiger partial charge in [-0.15, -0.1) is 0 Å². The first-order valence-corrected chi connectivity index (χ1v) is 6.08. The molecule has 1 aromatic carbocycles. The lowest BCUT2D eigenvalue weighted by molar-refractivity contribution is 0.895. The molecule has 3 aromatic rings. The molecule has 3 rings (SSSR count). The number of nitrogens with zero attached hydrogens (tertiary/aromatic N) is 3. The lowest BCUT2D eigenvalue weighted by Gasteiger charge is -2.02. The molecule has 0 atom stereocenters. The van der Waals surface area contributed by atoms with Crippen LogP contribution in [-0.2, 0) is 0 Å². The highest BCUT2D eigenvalue weighted by Crippen LogP contribution is 2.22. The average molecular weight is 250 g/mol. The van der Waals surface area contributed by atoms with Crippen LogP contribution in [0, 0.1) is 6.92 Å². The number of aromatic nitrogens is 3. The number of nitrogens with two attached hydrogens (primary N) is 1. The second-order valence-corrected chi connectivity index (χ2v) is 4.39. The van der Waals surface area contributed by atoms with Crippen LogP contribution >= 0.6 is 0 Å². The predicted octanol–water partition coefficient (Wildman–Crippen LogP) is 2.82. The molecule has 4 nitrogen and oxygen atoms in total. The van der Waals surface area contributed by atoms with Crippen LogP contribution in [0.15, 0.2) is 54.7 Å². The molecule has 2 heterocycles. The molecule has 4 heteroatoms. The summed E-state index contributed by atoms with van der Waals surface area (Å²) in [6, 6.07) is 15.7. The predicted molar refractivity (Wildman–Crippen MR) is 75.9 cm³/mol. The van der Waals surface area contributed by atoms with E-state index in [1.807, 2.05) is 55.5 Å². The fraction of sp³-hybridized carbons (Fsp3) is 0.0667. The van der Waals surface area contributed by atoms with Crippen LogP contribution in [0.4, 0.5) is 5.82 Å². The van der Waals surface area contributed by atoms with Crippen LogP contribution in [0.5, 0.6) is 0 Å². The van der Waals surface area contributed by atoms with Gasteiger partial charge in [0.1, 0.15) is 5.82 Å². The molecule has 0 unspecified atom stereocenters. The maximum Gasteiger partial charge on any atom is 0.127 e. The van der Waals surface area contributed by atoms with Gasteiger partial charge >= 0.3 is 0 Å². The van der Waals surface area contributed by atoms with Crippen LogP contribution < -0.4 is 5.73 Å². The van der Waals surface area contributed by atoms with E-state index < -0.39 is 0 Å². The molecule has 0 aliphatic heterocycles. The van der Waals surface area contributed by atoms with Crippen molar-refractivity contribution >= 4 is 5.82 Å². The summed E-state index contributed by atoms with van der Waals surface area (Å²) < 4.78 is 1.74. The van der Waals surface area contributed by atoms with Gasteiger partial charge in [0, 0.05) is 23.5 Å².